The molecule has 0 saturated heterocycles. The van der Waals surface area contributed by atoms with Crippen LogP contribution in [0.5, 0.6) is 0 Å². The minimum Gasteiger partial charge on any atom is -0.456 e. The first-order valence-electron chi connectivity index (χ1n) is 11.7. The van der Waals surface area contributed by atoms with E-state index in [1.807, 2.05) is 6.92 Å². The Labute approximate surface area is 223 Å². The Bertz CT molecular complexity index is 1240. The number of benzene rings is 3. The van der Waals surface area contributed by atoms with E-state index < -0.39 is 34.9 Å². The van der Waals surface area contributed by atoms with E-state index >= 15 is 0 Å². The van der Waals surface area contributed by atoms with Gasteiger partial charge in [-0.15, -0.1) is 0 Å². The number of ether oxygens (including phenoxy) is 1. The smallest absolute Gasteiger partial charge is 0.338 e. The van der Waals surface area contributed by atoms with Crippen molar-refractivity contribution in [2.24, 2.45) is 0 Å². The lowest BCUT2D eigenvalue weighted by Gasteiger charge is -2.28. The number of esters is 1. The van der Waals surface area contributed by atoms with E-state index in [9.17, 15) is 18.4 Å². The van der Waals surface area contributed by atoms with Crippen molar-refractivity contribution < 1.29 is 23.1 Å². The molecule has 0 amide bonds. The van der Waals surface area contributed by atoms with Gasteiger partial charge in [-0.25, -0.2) is 13.6 Å². The first kappa shape index (κ1) is 28.0. The molecule has 0 aliphatic rings. The fraction of sp³-hybridized carbons (Fsp3) is 0.310. The van der Waals surface area contributed by atoms with Gasteiger partial charge in [0.25, 0.3) is 0 Å². The summed E-state index contributed by atoms with van der Waals surface area (Å²) in [5.74, 6) is -4.44. The Morgan fingerprint density at radius 2 is 1.56 bits per heavy atom. The molecule has 3 rings (SSSR count). The second-order valence-electron chi connectivity index (χ2n) is 9.66. The minimum absolute atomic E-state index is 0.272. The average molecular weight is 578 g/mol. The Morgan fingerprint density at radius 1 is 0.972 bits per heavy atom. The van der Waals surface area contributed by atoms with Crippen LogP contribution in [0, 0.1) is 11.6 Å². The molecule has 0 fully saturated rings. The van der Waals surface area contributed by atoms with Crippen molar-refractivity contribution in [3.8, 4) is 0 Å². The molecular weight excluding hydrogens is 550 g/mol. The van der Waals surface area contributed by atoms with Crippen LogP contribution < -0.4 is 0 Å². The van der Waals surface area contributed by atoms with Gasteiger partial charge < -0.3 is 4.74 Å². The zero-order valence-corrected chi connectivity index (χ0v) is 22.9. The van der Waals surface area contributed by atoms with E-state index in [0.29, 0.717) is 22.6 Å². The normalized spacial score (nSPS) is 13.2. The molecule has 0 aromatic heterocycles. The zero-order chi connectivity index (χ0) is 26.6. The first-order valence-corrected chi connectivity index (χ1v) is 12.9. The summed E-state index contributed by atoms with van der Waals surface area (Å²) in [6, 6.07) is 16.0. The van der Waals surface area contributed by atoms with Crippen LogP contribution in [0.15, 0.2) is 65.1 Å². The minimum atomic E-state index is -1.18. The lowest BCUT2D eigenvalue weighted by Crippen LogP contribution is -2.24. The Kier molecular flexibility index (Phi) is 9.07. The lowest BCUT2D eigenvalue weighted by molar-refractivity contribution is 0.00693. The van der Waals surface area contributed by atoms with E-state index in [1.54, 1.807) is 69.3 Å². The monoisotopic (exact) mass is 576 g/mol. The van der Waals surface area contributed by atoms with Gasteiger partial charge in [0.2, 0.25) is 0 Å². The number of ketones is 1. The van der Waals surface area contributed by atoms with E-state index in [4.69, 9.17) is 16.3 Å². The van der Waals surface area contributed by atoms with Crippen LogP contribution in [-0.4, -0.2) is 17.4 Å². The fourth-order valence-corrected chi connectivity index (χ4v) is 4.74. The molecule has 36 heavy (non-hydrogen) atoms. The van der Waals surface area contributed by atoms with Crippen LogP contribution in [0.25, 0.3) is 0 Å². The summed E-state index contributed by atoms with van der Waals surface area (Å²) >= 11 is 9.25. The van der Waals surface area contributed by atoms with Crippen LogP contribution in [0.2, 0.25) is 5.02 Å². The Balaban J connectivity index is 2.09. The Hall–Kier alpha value is -2.57. The molecule has 0 heterocycles. The van der Waals surface area contributed by atoms with Crippen LogP contribution in [0.4, 0.5) is 8.78 Å². The number of Topliss-reactive ketones (excluding diaryl/α,β-unsaturated/α-hetero) is 1. The molecular formula is C29H28BrClF2O3. The maximum Gasteiger partial charge on any atom is 0.338 e. The summed E-state index contributed by atoms with van der Waals surface area (Å²) in [6.07, 6.45) is 1.34. The van der Waals surface area contributed by atoms with Gasteiger partial charge in [0, 0.05) is 9.50 Å². The summed E-state index contributed by atoms with van der Waals surface area (Å²) in [5, 5.41) is 0.499. The molecule has 0 N–H and O–H groups in total. The third-order valence-electron chi connectivity index (χ3n) is 5.75. The summed E-state index contributed by atoms with van der Waals surface area (Å²) in [4.78, 5) is 26.3. The van der Waals surface area contributed by atoms with Gasteiger partial charge >= 0.3 is 5.97 Å². The SMILES string of the molecule is CCCC(c1ccc(C(=O)OC(C)(C)C)cc1)C(C(=O)c1cc(Br)cc(F)c1F)c1ccc(Cl)cc1. The van der Waals surface area contributed by atoms with E-state index in [-0.39, 0.29) is 16.0 Å². The van der Waals surface area contributed by atoms with Crippen LogP contribution >= 0.6 is 27.5 Å². The van der Waals surface area contributed by atoms with Crippen molar-refractivity contribution in [3.63, 3.8) is 0 Å². The van der Waals surface area contributed by atoms with Crippen molar-refractivity contribution in [3.05, 3.63) is 104 Å². The molecule has 0 saturated carbocycles. The molecule has 0 aliphatic heterocycles. The van der Waals surface area contributed by atoms with Crippen molar-refractivity contribution in [2.75, 3.05) is 0 Å². The fourth-order valence-electron chi connectivity index (χ4n) is 4.18. The predicted molar refractivity (Wildman–Crippen MR) is 142 cm³/mol. The molecule has 3 aromatic rings. The molecule has 0 bridgehead atoms. The van der Waals surface area contributed by atoms with Gasteiger partial charge in [-0.1, -0.05) is 65.1 Å². The van der Waals surface area contributed by atoms with Gasteiger partial charge in [-0.2, -0.15) is 0 Å². The Morgan fingerprint density at radius 3 is 2.11 bits per heavy atom. The second-order valence-corrected chi connectivity index (χ2v) is 11.0. The van der Waals surface area contributed by atoms with Crippen molar-refractivity contribution in [1.82, 2.24) is 0 Å². The van der Waals surface area contributed by atoms with Gasteiger partial charge in [-0.05, 0) is 80.6 Å². The molecule has 7 heteroatoms. The summed E-state index contributed by atoms with van der Waals surface area (Å²) in [5.41, 5.74) is 0.870. The summed E-state index contributed by atoms with van der Waals surface area (Å²) in [7, 11) is 0. The number of rotatable bonds is 8. The molecule has 190 valence electrons. The molecule has 2 atom stereocenters. The largest absolute Gasteiger partial charge is 0.456 e. The molecule has 0 spiro atoms. The predicted octanol–water partition coefficient (Wildman–Crippen LogP) is 8.89. The summed E-state index contributed by atoms with van der Waals surface area (Å²) in [6.45, 7) is 7.37. The third kappa shape index (κ3) is 6.80. The lowest BCUT2D eigenvalue weighted by atomic mass is 9.75. The zero-order valence-electron chi connectivity index (χ0n) is 20.6. The van der Waals surface area contributed by atoms with Crippen LogP contribution in [0.3, 0.4) is 0 Å². The molecule has 0 aliphatic carbocycles. The molecule has 3 nitrogen and oxygen atoms in total. The van der Waals surface area contributed by atoms with Gasteiger partial charge in [0.1, 0.15) is 5.60 Å². The topological polar surface area (TPSA) is 43.4 Å². The number of halogens is 4. The quantitative estimate of drug-likeness (QED) is 0.153. The number of hydrogen-bond acceptors (Lipinski definition) is 3. The van der Waals surface area contributed by atoms with E-state index in [1.165, 1.54) is 6.07 Å². The van der Waals surface area contributed by atoms with Crippen LogP contribution in [-0.2, 0) is 4.74 Å². The van der Waals surface area contributed by atoms with Crippen molar-refractivity contribution in [1.29, 1.82) is 0 Å². The second kappa shape index (κ2) is 11.7. The van der Waals surface area contributed by atoms with Crippen molar-refractivity contribution >= 4 is 39.3 Å². The summed E-state index contributed by atoms with van der Waals surface area (Å²) < 4.78 is 34.7. The number of carbonyl (C=O) groups is 2. The molecule has 2 unspecified atom stereocenters. The standard InChI is InChI=1S/C29H28BrClF2O3/c1-5-6-22(17-7-9-19(10-8-17)28(35)36-29(2,3)4)25(18-11-13-21(31)14-12-18)27(34)23-15-20(30)16-24(32)26(23)33/h7-16,22,25H,5-6H2,1-4H3. The van der Waals surface area contributed by atoms with Gasteiger partial charge in [0.15, 0.2) is 17.4 Å². The third-order valence-corrected chi connectivity index (χ3v) is 6.46. The first-order chi connectivity index (χ1) is 16.9. The maximum atomic E-state index is 14.8. The van der Waals surface area contributed by atoms with Crippen LogP contribution in [0.1, 0.15) is 84.2 Å². The number of carbonyl (C=O) groups excluding carboxylic acids is 2. The highest BCUT2D eigenvalue weighted by Gasteiger charge is 2.34. The highest BCUT2D eigenvalue weighted by Crippen LogP contribution is 2.40. The molecule has 3 aromatic carbocycles. The van der Waals surface area contributed by atoms with E-state index in [2.05, 4.69) is 15.9 Å². The number of hydrogen-bond donors (Lipinski definition) is 0. The highest BCUT2D eigenvalue weighted by atomic mass is 79.9. The average Bonchev–Trinajstić information content (AvgIpc) is 2.81. The highest BCUT2D eigenvalue weighted by molar-refractivity contribution is 9.10. The van der Waals surface area contributed by atoms with Crippen molar-refractivity contribution in [2.45, 2.75) is 58.0 Å². The van der Waals surface area contributed by atoms with Gasteiger partial charge in [-0.3, -0.25) is 4.79 Å². The van der Waals surface area contributed by atoms with E-state index in [0.717, 1.165) is 18.1 Å². The maximum absolute atomic E-state index is 14.8. The van der Waals surface area contributed by atoms with Gasteiger partial charge in [0.05, 0.1) is 17.0 Å². The molecule has 0 radical (unpaired) electrons.